The molecule has 0 saturated heterocycles. The van der Waals surface area contributed by atoms with Crippen molar-refractivity contribution in [1.29, 1.82) is 0 Å². The van der Waals surface area contributed by atoms with Gasteiger partial charge in [0.25, 0.3) is 0 Å². The molecule has 1 saturated carbocycles. The van der Waals surface area contributed by atoms with E-state index < -0.39 is 0 Å². The molecule has 18 heavy (non-hydrogen) atoms. The van der Waals surface area contributed by atoms with Crippen LogP contribution < -0.4 is 0 Å². The number of nitrogens with zero attached hydrogens (tertiary/aromatic N) is 1. The third-order valence-electron chi connectivity index (χ3n) is 3.73. The van der Waals surface area contributed by atoms with Gasteiger partial charge in [-0.1, -0.05) is 42.6 Å². The predicted octanol–water partition coefficient (Wildman–Crippen LogP) is 3.88. The van der Waals surface area contributed by atoms with Gasteiger partial charge >= 0.3 is 0 Å². The summed E-state index contributed by atoms with van der Waals surface area (Å²) in [5, 5.41) is 0.734. The normalized spacial score (nSPS) is 15.9. The summed E-state index contributed by atoms with van der Waals surface area (Å²) in [6.45, 7) is 0.602. The van der Waals surface area contributed by atoms with Gasteiger partial charge in [-0.2, -0.15) is 0 Å². The maximum atomic E-state index is 12.1. The molecule has 2 nitrogen and oxygen atoms in total. The lowest BCUT2D eigenvalue weighted by Gasteiger charge is -2.20. The quantitative estimate of drug-likeness (QED) is 0.809. The van der Waals surface area contributed by atoms with Crippen LogP contribution in [0.2, 0.25) is 5.02 Å². The van der Waals surface area contributed by atoms with Crippen LogP contribution in [0.15, 0.2) is 24.3 Å². The van der Waals surface area contributed by atoms with E-state index in [1.807, 2.05) is 31.3 Å². The highest BCUT2D eigenvalue weighted by atomic mass is 35.5. The van der Waals surface area contributed by atoms with Crippen LogP contribution in [0.1, 0.15) is 37.7 Å². The van der Waals surface area contributed by atoms with E-state index in [0.717, 1.165) is 10.6 Å². The summed E-state index contributed by atoms with van der Waals surface area (Å²) in [6, 6.07) is 7.70. The van der Waals surface area contributed by atoms with Gasteiger partial charge in [0.1, 0.15) is 0 Å². The molecule has 0 aliphatic heterocycles. The standard InChI is InChI=1S/C15H20ClNO/c1-17(11-13-8-4-5-9-14(13)16)15(18)10-12-6-2-3-7-12/h4-5,8-9,12H,2-3,6-7,10-11H2,1H3. The Bertz CT molecular complexity index is 413. The molecule has 0 radical (unpaired) electrons. The molecule has 0 bridgehead atoms. The number of amides is 1. The van der Waals surface area contributed by atoms with Crippen molar-refractivity contribution >= 4 is 17.5 Å². The third-order valence-corrected chi connectivity index (χ3v) is 4.10. The Balaban J connectivity index is 1.89. The SMILES string of the molecule is CN(Cc1ccccc1Cl)C(=O)CC1CCCC1. The number of halogens is 1. The summed E-state index contributed by atoms with van der Waals surface area (Å²) in [5.74, 6) is 0.841. The van der Waals surface area contributed by atoms with E-state index in [4.69, 9.17) is 11.6 Å². The molecule has 0 N–H and O–H groups in total. The van der Waals surface area contributed by atoms with Crippen LogP contribution in [0.5, 0.6) is 0 Å². The van der Waals surface area contributed by atoms with Crippen LogP contribution in [0.25, 0.3) is 0 Å². The molecule has 3 heteroatoms. The highest BCUT2D eigenvalue weighted by Gasteiger charge is 2.20. The van der Waals surface area contributed by atoms with E-state index in [1.165, 1.54) is 25.7 Å². The molecule has 1 amide bonds. The highest BCUT2D eigenvalue weighted by Crippen LogP contribution is 2.28. The molecule has 1 aliphatic carbocycles. The van der Waals surface area contributed by atoms with Crippen LogP contribution in [-0.2, 0) is 11.3 Å². The number of hydrogen-bond donors (Lipinski definition) is 0. The number of hydrogen-bond acceptors (Lipinski definition) is 1. The minimum atomic E-state index is 0.238. The molecule has 1 aliphatic rings. The van der Waals surface area contributed by atoms with Crippen LogP contribution >= 0.6 is 11.6 Å². The van der Waals surface area contributed by atoms with E-state index in [-0.39, 0.29) is 5.91 Å². The molecule has 0 unspecified atom stereocenters. The lowest BCUT2D eigenvalue weighted by molar-refractivity contribution is -0.131. The second-order valence-electron chi connectivity index (χ2n) is 5.20. The minimum absolute atomic E-state index is 0.238. The van der Waals surface area contributed by atoms with Crippen LogP contribution in [-0.4, -0.2) is 17.9 Å². The first-order chi connectivity index (χ1) is 8.66. The number of benzene rings is 1. The first kappa shape index (κ1) is 13.4. The highest BCUT2D eigenvalue weighted by molar-refractivity contribution is 6.31. The van der Waals surface area contributed by atoms with Gasteiger partial charge in [0.15, 0.2) is 0 Å². The summed E-state index contributed by atoms with van der Waals surface area (Å²) < 4.78 is 0. The fraction of sp³-hybridized carbons (Fsp3) is 0.533. The van der Waals surface area contributed by atoms with Crippen molar-refractivity contribution in [3.63, 3.8) is 0 Å². The van der Waals surface area contributed by atoms with Gasteiger partial charge in [0.2, 0.25) is 5.91 Å². The average Bonchev–Trinajstić information content (AvgIpc) is 2.84. The molecule has 0 atom stereocenters. The molecule has 2 rings (SSSR count). The Morgan fingerprint density at radius 2 is 2.00 bits per heavy atom. The molecular weight excluding hydrogens is 246 g/mol. The molecule has 0 heterocycles. The largest absolute Gasteiger partial charge is 0.341 e. The van der Waals surface area contributed by atoms with Gasteiger partial charge in [-0.3, -0.25) is 4.79 Å². The van der Waals surface area contributed by atoms with E-state index in [1.54, 1.807) is 4.90 Å². The van der Waals surface area contributed by atoms with Crippen molar-refractivity contribution < 1.29 is 4.79 Å². The summed E-state index contributed by atoms with van der Waals surface area (Å²) in [6.07, 6.45) is 5.69. The van der Waals surface area contributed by atoms with Crippen molar-refractivity contribution in [2.45, 2.75) is 38.6 Å². The zero-order valence-electron chi connectivity index (χ0n) is 10.9. The van der Waals surface area contributed by atoms with Crippen molar-refractivity contribution in [3.05, 3.63) is 34.9 Å². The van der Waals surface area contributed by atoms with Crippen LogP contribution in [0.3, 0.4) is 0 Å². The zero-order valence-corrected chi connectivity index (χ0v) is 11.6. The fourth-order valence-electron chi connectivity index (χ4n) is 2.59. The molecule has 0 spiro atoms. The Kier molecular flexibility index (Phi) is 4.65. The maximum absolute atomic E-state index is 12.1. The Labute approximate surface area is 114 Å². The monoisotopic (exact) mass is 265 g/mol. The lowest BCUT2D eigenvalue weighted by Crippen LogP contribution is -2.27. The molecular formula is C15H20ClNO. The topological polar surface area (TPSA) is 20.3 Å². The molecule has 1 aromatic rings. The zero-order chi connectivity index (χ0) is 13.0. The van der Waals surface area contributed by atoms with E-state index in [9.17, 15) is 4.79 Å². The maximum Gasteiger partial charge on any atom is 0.222 e. The second kappa shape index (κ2) is 6.24. The Hall–Kier alpha value is -1.02. The first-order valence-corrected chi connectivity index (χ1v) is 7.02. The first-order valence-electron chi connectivity index (χ1n) is 6.64. The van der Waals surface area contributed by atoms with Gasteiger partial charge in [-0.05, 0) is 30.4 Å². The molecule has 1 aromatic carbocycles. The third kappa shape index (κ3) is 3.49. The summed E-state index contributed by atoms with van der Waals surface area (Å²) in [5.41, 5.74) is 1.02. The van der Waals surface area contributed by atoms with Gasteiger partial charge in [-0.15, -0.1) is 0 Å². The smallest absolute Gasteiger partial charge is 0.222 e. The second-order valence-corrected chi connectivity index (χ2v) is 5.60. The van der Waals surface area contributed by atoms with E-state index in [2.05, 4.69) is 0 Å². The van der Waals surface area contributed by atoms with Gasteiger partial charge in [-0.25, -0.2) is 0 Å². The number of carbonyl (C=O) groups excluding carboxylic acids is 1. The Morgan fingerprint density at radius 3 is 2.67 bits per heavy atom. The molecule has 0 aromatic heterocycles. The Morgan fingerprint density at radius 1 is 1.33 bits per heavy atom. The predicted molar refractivity (Wildman–Crippen MR) is 74.5 cm³/mol. The summed E-state index contributed by atoms with van der Waals surface area (Å²) in [4.78, 5) is 13.9. The van der Waals surface area contributed by atoms with Crippen LogP contribution in [0.4, 0.5) is 0 Å². The minimum Gasteiger partial charge on any atom is -0.341 e. The summed E-state index contributed by atoms with van der Waals surface area (Å²) in [7, 11) is 1.86. The van der Waals surface area contributed by atoms with Crippen molar-refractivity contribution in [3.8, 4) is 0 Å². The number of rotatable bonds is 4. The van der Waals surface area contributed by atoms with E-state index >= 15 is 0 Å². The van der Waals surface area contributed by atoms with Crippen molar-refractivity contribution in [2.24, 2.45) is 5.92 Å². The van der Waals surface area contributed by atoms with Gasteiger partial charge in [0, 0.05) is 25.0 Å². The molecule has 1 fully saturated rings. The lowest BCUT2D eigenvalue weighted by atomic mass is 10.0. The van der Waals surface area contributed by atoms with Crippen molar-refractivity contribution in [1.82, 2.24) is 4.90 Å². The van der Waals surface area contributed by atoms with E-state index in [0.29, 0.717) is 18.9 Å². The summed E-state index contributed by atoms with van der Waals surface area (Å²) >= 11 is 6.11. The van der Waals surface area contributed by atoms with Gasteiger partial charge in [0.05, 0.1) is 0 Å². The number of carbonyl (C=O) groups is 1. The average molecular weight is 266 g/mol. The molecule has 98 valence electrons. The van der Waals surface area contributed by atoms with Gasteiger partial charge < -0.3 is 4.90 Å². The van der Waals surface area contributed by atoms with Crippen LogP contribution in [0, 0.1) is 5.92 Å². The van der Waals surface area contributed by atoms with Crippen molar-refractivity contribution in [2.75, 3.05) is 7.05 Å². The fourth-order valence-corrected chi connectivity index (χ4v) is 2.78.